The standard InChI is InChI=1S/C7H4F3O.Li/c8-7(9,10)11-6-4-2-1-3-5-6;/h2-5H;. The van der Waals surface area contributed by atoms with Gasteiger partial charge >= 0.3 is 76.2 Å². The van der Waals surface area contributed by atoms with Crippen LogP contribution in [0.4, 0.5) is 13.2 Å². The van der Waals surface area contributed by atoms with Crippen molar-refractivity contribution in [2.45, 2.75) is 6.36 Å². The third-order valence-corrected chi connectivity index (χ3v) is 1.25. The zero-order chi connectivity index (χ0) is 9.19. The molecule has 0 aliphatic carbocycles. The first-order valence-electron chi connectivity index (χ1n) is 3.30. The van der Waals surface area contributed by atoms with Gasteiger partial charge in [0, 0.05) is 0 Å². The molecule has 1 aromatic carbocycles. The molecule has 0 saturated heterocycles. The van der Waals surface area contributed by atoms with E-state index in [2.05, 4.69) is 4.74 Å². The Labute approximate surface area is 76.7 Å². The first-order chi connectivity index (χ1) is 5.47. The van der Waals surface area contributed by atoms with Crippen LogP contribution in [0.3, 0.4) is 0 Å². The molecule has 0 aliphatic heterocycles. The van der Waals surface area contributed by atoms with E-state index in [1.54, 1.807) is 29.8 Å². The molecular weight excluding hydrogens is 164 g/mol. The van der Waals surface area contributed by atoms with Gasteiger partial charge in [-0.15, -0.1) is 0 Å². The summed E-state index contributed by atoms with van der Waals surface area (Å²) in [7, 11) is 0. The normalized spacial score (nSPS) is 11.4. The minimum absolute atomic E-state index is 0.187. The van der Waals surface area contributed by atoms with Crippen molar-refractivity contribution in [1.82, 2.24) is 0 Å². The molecule has 1 rings (SSSR count). The van der Waals surface area contributed by atoms with Gasteiger partial charge in [0.1, 0.15) is 0 Å². The predicted octanol–water partition coefficient (Wildman–Crippen LogP) is 1.38. The van der Waals surface area contributed by atoms with Crippen LogP contribution in [0.15, 0.2) is 24.3 Å². The van der Waals surface area contributed by atoms with E-state index in [0.29, 0.717) is 0 Å². The molecule has 0 atom stereocenters. The van der Waals surface area contributed by atoms with Crippen molar-refractivity contribution in [2.24, 2.45) is 0 Å². The molecular formula is C7H4F3LiO. The van der Waals surface area contributed by atoms with Crippen LogP contribution in [0.1, 0.15) is 0 Å². The fraction of sp³-hybridized carbons (Fsp3) is 0.143. The average molecular weight is 168 g/mol. The van der Waals surface area contributed by atoms with E-state index in [9.17, 15) is 13.2 Å². The number of halogens is 3. The van der Waals surface area contributed by atoms with Crippen molar-refractivity contribution >= 4 is 22.0 Å². The van der Waals surface area contributed by atoms with Gasteiger partial charge in [-0.3, -0.25) is 0 Å². The van der Waals surface area contributed by atoms with Crippen molar-refractivity contribution in [3.05, 3.63) is 24.3 Å². The molecule has 0 amide bonds. The maximum atomic E-state index is 11.6. The van der Waals surface area contributed by atoms with Crippen LogP contribution in [0.2, 0.25) is 0 Å². The molecule has 0 saturated carbocycles. The topological polar surface area (TPSA) is 9.23 Å². The quantitative estimate of drug-likeness (QED) is 0.575. The van der Waals surface area contributed by atoms with Crippen LogP contribution in [0.25, 0.3) is 0 Å². The molecule has 5 heteroatoms. The summed E-state index contributed by atoms with van der Waals surface area (Å²) in [5, 5.41) is 0. The first-order valence-corrected chi connectivity index (χ1v) is 3.30. The van der Waals surface area contributed by atoms with Gasteiger partial charge in [-0.2, -0.15) is 0 Å². The molecule has 12 heavy (non-hydrogen) atoms. The van der Waals surface area contributed by atoms with E-state index in [1.165, 1.54) is 12.1 Å². The van der Waals surface area contributed by atoms with E-state index in [0.717, 1.165) is 4.24 Å². The zero-order valence-electron chi connectivity index (χ0n) is 6.35. The molecule has 0 unspecified atom stereocenters. The van der Waals surface area contributed by atoms with E-state index in [1.807, 2.05) is 0 Å². The van der Waals surface area contributed by atoms with Gasteiger partial charge in [0.2, 0.25) is 0 Å². The Kier molecular flexibility index (Phi) is 2.71. The molecule has 0 spiro atoms. The third kappa shape index (κ3) is 3.20. The van der Waals surface area contributed by atoms with E-state index >= 15 is 0 Å². The van der Waals surface area contributed by atoms with Gasteiger partial charge in [-0.05, 0) is 0 Å². The summed E-state index contributed by atoms with van der Waals surface area (Å²) >= 11 is 1.79. The molecule has 0 radical (unpaired) electrons. The van der Waals surface area contributed by atoms with Crippen LogP contribution < -0.4 is 8.97 Å². The second kappa shape index (κ2) is 3.42. The van der Waals surface area contributed by atoms with Crippen molar-refractivity contribution in [1.29, 1.82) is 0 Å². The number of rotatable bonds is 1. The van der Waals surface area contributed by atoms with Crippen molar-refractivity contribution in [3.8, 4) is 5.75 Å². The maximum absolute atomic E-state index is 11.6. The number of alkyl halides is 3. The van der Waals surface area contributed by atoms with Crippen molar-refractivity contribution < 1.29 is 17.9 Å². The van der Waals surface area contributed by atoms with Crippen LogP contribution in [-0.2, 0) is 0 Å². The molecule has 0 heterocycles. The van der Waals surface area contributed by atoms with Gasteiger partial charge in [0.15, 0.2) is 0 Å². The van der Waals surface area contributed by atoms with Crippen LogP contribution >= 0.6 is 0 Å². The van der Waals surface area contributed by atoms with Crippen LogP contribution in [-0.4, -0.2) is 24.1 Å². The second-order valence-electron chi connectivity index (χ2n) is 2.36. The molecule has 0 N–H and O–H groups in total. The monoisotopic (exact) mass is 168 g/mol. The fourth-order valence-electron chi connectivity index (χ4n) is 0.740. The van der Waals surface area contributed by atoms with Gasteiger partial charge in [0.25, 0.3) is 0 Å². The van der Waals surface area contributed by atoms with Gasteiger partial charge in [0.05, 0.1) is 0 Å². The summed E-state index contributed by atoms with van der Waals surface area (Å²) < 4.78 is 39.4. The Morgan fingerprint density at radius 1 is 1.08 bits per heavy atom. The Morgan fingerprint density at radius 3 is 2.00 bits per heavy atom. The van der Waals surface area contributed by atoms with E-state index in [4.69, 9.17) is 0 Å². The first kappa shape index (κ1) is 9.50. The summed E-state index contributed by atoms with van der Waals surface area (Å²) in [5.41, 5.74) is 0. The summed E-state index contributed by atoms with van der Waals surface area (Å²) in [6.07, 6.45) is -4.60. The molecule has 0 aliphatic rings. The number of hydrogen-bond acceptors (Lipinski definition) is 1. The predicted molar refractivity (Wildman–Crippen MR) is 38.5 cm³/mol. The van der Waals surface area contributed by atoms with E-state index < -0.39 is 6.36 Å². The van der Waals surface area contributed by atoms with Gasteiger partial charge in [-0.25, -0.2) is 0 Å². The van der Waals surface area contributed by atoms with Crippen LogP contribution in [0, 0.1) is 0 Å². The summed E-state index contributed by atoms with van der Waals surface area (Å²) in [6.45, 7) is 0. The molecule has 0 aromatic heterocycles. The fourth-order valence-corrected chi connectivity index (χ4v) is 0.740. The molecule has 1 nitrogen and oxygen atoms in total. The summed E-state index contributed by atoms with van der Waals surface area (Å²) in [6, 6.07) is 5.67. The van der Waals surface area contributed by atoms with E-state index in [-0.39, 0.29) is 5.75 Å². The Hall–Kier alpha value is -0.593. The Balaban J connectivity index is 2.71. The number of benzene rings is 1. The van der Waals surface area contributed by atoms with Crippen molar-refractivity contribution in [2.75, 3.05) is 0 Å². The van der Waals surface area contributed by atoms with Crippen LogP contribution in [0.5, 0.6) is 5.75 Å². The Bertz CT molecular complexity index is 254. The third-order valence-electron chi connectivity index (χ3n) is 1.25. The summed E-state index contributed by atoms with van der Waals surface area (Å²) in [4.78, 5) is 0. The molecule has 60 valence electrons. The van der Waals surface area contributed by atoms with Gasteiger partial charge < -0.3 is 0 Å². The average Bonchev–Trinajstić information content (AvgIpc) is 1.91. The second-order valence-corrected chi connectivity index (χ2v) is 2.36. The summed E-state index contributed by atoms with van der Waals surface area (Å²) in [5.74, 6) is -0.187. The minimum atomic E-state index is -4.60. The SMILES string of the molecule is [Li][c]1ccc(OC(F)(F)F)cc1. The number of ether oxygens (including phenoxy) is 1. The molecule has 1 aromatic rings. The van der Waals surface area contributed by atoms with Gasteiger partial charge in [-0.1, -0.05) is 0 Å². The number of hydrogen-bond donors (Lipinski definition) is 0. The molecule has 0 fully saturated rings. The Morgan fingerprint density at radius 2 is 1.58 bits per heavy atom. The molecule has 0 bridgehead atoms. The zero-order valence-corrected chi connectivity index (χ0v) is 6.35. The van der Waals surface area contributed by atoms with Crippen molar-refractivity contribution in [3.63, 3.8) is 0 Å².